The van der Waals surface area contributed by atoms with Crippen LogP contribution in [0.1, 0.15) is 13.3 Å². The average molecular weight is 218 g/mol. The van der Waals surface area contributed by atoms with Crippen LogP contribution in [-0.2, 0) is 6.54 Å². The lowest BCUT2D eigenvalue weighted by Gasteiger charge is -2.04. The van der Waals surface area contributed by atoms with Gasteiger partial charge in [-0.25, -0.2) is 0 Å². The van der Waals surface area contributed by atoms with Gasteiger partial charge in [-0.05, 0) is 16.3 Å². The van der Waals surface area contributed by atoms with Gasteiger partial charge in [-0.2, -0.15) is 4.80 Å². The van der Waals surface area contributed by atoms with Crippen molar-refractivity contribution in [3.63, 3.8) is 0 Å². The summed E-state index contributed by atoms with van der Waals surface area (Å²) in [5.74, 6) is 3.30. The van der Waals surface area contributed by atoms with Crippen molar-refractivity contribution < 1.29 is 0 Å². The number of aromatic nitrogens is 8. The summed E-state index contributed by atoms with van der Waals surface area (Å²) in [6.45, 7) is 2.76. The van der Waals surface area contributed by atoms with Crippen molar-refractivity contribution in [2.24, 2.45) is 5.92 Å². The summed E-state index contributed by atoms with van der Waals surface area (Å²) in [5.41, 5.74) is 0. The first-order chi connectivity index (χ1) is 7.84. The molecule has 1 unspecified atom stereocenters. The first-order valence-electron chi connectivity index (χ1n) is 4.77. The highest BCUT2D eigenvalue weighted by Crippen LogP contribution is 2.01. The van der Waals surface area contributed by atoms with Crippen LogP contribution in [0.25, 0.3) is 0 Å². The Bertz CT molecular complexity index is 462. The number of rotatable bonds is 3. The Hall–Kier alpha value is -2.30. The van der Waals surface area contributed by atoms with Gasteiger partial charge in [0.05, 0.1) is 12.6 Å². The third kappa shape index (κ3) is 2.84. The van der Waals surface area contributed by atoms with Gasteiger partial charge in [0.1, 0.15) is 0 Å². The van der Waals surface area contributed by atoms with E-state index in [4.69, 9.17) is 0 Å². The maximum Gasteiger partial charge on any atom is 0.163 e. The van der Waals surface area contributed by atoms with E-state index >= 15 is 0 Å². The van der Waals surface area contributed by atoms with Crippen LogP contribution >= 0.6 is 0 Å². The van der Waals surface area contributed by atoms with Crippen molar-refractivity contribution in [2.45, 2.75) is 19.9 Å². The molecule has 82 valence electrons. The Morgan fingerprint density at radius 2 is 2.00 bits per heavy atom. The molecule has 0 amide bonds. The molecule has 0 bridgehead atoms. The molecule has 8 heteroatoms. The highest BCUT2D eigenvalue weighted by molar-refractivity contribution is 4.97. The molecule has 0 spiro atoms. The Kier molecular flexibility index (Phi) is 3.18. The summed E-state index contributed by atoms with van der Waals surface area (Å²) >= 11 is 0. The molecule has 2 aromatic rings. The molecular formula is C8H10N8. The minimum Gasteiger partial charge on any atom is -0.164 e. The molecule has 0 aromatic carbocycles. The zero-order valence-corrected chi connectivity index (χ0v) is 8.72. The molecule has 16 heavy (non-hydrogen) atoms. The van der Waals surface area contributed by atoms with E-state index in [-0.39, 0.29) is 0 Å². The Balaban J connectivity index is 1.82. The van der Waals surface area contributed by atoms with E-state index in [1.165, 1.54) is 17.5 Å². The van der Waals surface area contributed by atoms with E-state index in [2.05, 4.69) is 49.7 Å². The summed E-state index contributed by atoms with van der Waals surface area (Å²) in [6.07, 6.45) is 3.47. The topological polar surface area (TPSA) is 87.2 Å². The molecule has 2 rings (SSSR count). The monoisotopic (exact) mass is 218 g/mol. The summed E-state index contributed by atoms with van der Waals surface area (Å²) in [6, 6.07) is 2.75. The van der Waals surface area contributed by atoms with E-state index in [0.717, 1.165) is 0 Å². The van der Waals surface area contributed by atoms with Gasteiger partial charge in [-0.3, -0.25) is 0 Å². The molecule has 0 saturated carbocycles. The van der Waals surface area contributed by atoms with Crippen LogP contribution < -0.4 is 0 Å². The predicted molar refractivity (Wildman–Crippen MR) is 52.6 cm³/mol. The fourth-order valence-corrected chi connectivity index (χ4v) is 1.12. The Morgan fingerprint density at radius 1 is 1.19 bits per heavy atom. The zero-order valence-electron chi connectivity index (χ0n) is 8.72. The van der Waals surface area contributed by atoms with Gasteiger partial charge in [-0.1, -0.05) is 17.6 Å². The fraction of sp³-hybridized carbons (Fsp3) is 0.500. The normalized spacial score (nSPS) is 11.8. The van der Waals surface area contributed by atoms with Gasteiger partial charge in [-0.15, -0.1) is 20.4 Å². The third-order valence-electron chi connectivity index (χ3n) is 1.85. The van der Waals surface area contributed by atoms with E-state index in [0.29, 0.717) is 18.9 Å². The third-order valence-corrected chi connectivity index (χ3v) is 1.85. The van der Waals surface area contributed by atoms with Gasteiger partial charge in [0, 0.05) is 6.42 Å². The second-order valence-electron chi connectivity index (χ2n) is 3.31. The quantitative estimate of drug-likeness (QED) is 0.626. The molecule has 0 fully saturated rings. The molecule has 2 aromatic heterocycles. The van der Waals surface area contributed by atoms with E-state index in [9.17, 15) is 0 Å². The maximum absolute atomic E-state index is 3.92. The number of hydrogen-bond donors (Lipinski definition) is 0. The molecule has 2 heterocycles. The summed E-state index contributed by atoms with van der Waals surface area (Å²) in [5, 5.41) is 22.3. The standard InChI is InChI=1S/C8H10N8/c1-8(5-16-12-7-10-14-16)3-2-4-15-11-6-9-13-15/h6-8H,3,5H2,1H3. The summed E-state index contributed by atoms with van der Waals surface area (Å²) in [4.78, 5) is 2.78. The van der Waals surface area contributed by atoms with Crippen LogP contribution in [0.2, 0.25) is 0 Å². The van der Waals surface area contributed by atoms with Crippen molar-refractivity contribution in [1.82, 2.24) is 40.4 Å². The molecule has 1 atom stereocenters. The zero-order chi connectivity index (χ0) is 11.2. The van der Waals surface area contributed by atoms with Gasteiger partial charge in [0.25, 0.3) is 0 Å². The lowest BCUT2D eigenvalue weighted by atomic mass is 10.1. The molecule has 0 radical (unpaired) electrons. The van der Waals surface area contributed by atoms with Crippen LogP contribution in [0.4, 0.5) is 0 Å². The first kappa shape index (κ1) is 10.2. The van der Waals surface area contributed by atoms with Gasteiger partial charge < -0.3 is 0 Å². The van der Waals surface area contributed by atoms with Crippen molar-refractivity contribution >= 4 is 0 Å². The summed E-state index contributed by atoms with van der Waals surface area (Å²) < 4.78 is 0. The molecule has 8 nitrogen and oxygen atoms in total. The molecule has 0 N–H and O–H groups in total. The minimum absolute atomic E-state index is 0.338. The highest BCUT2D eigenvalue weighted by atomic mass is 15.6. The fourth-order valence-electron chi connectivity index (χ4n) is 1.12. The van der Waals surface area contributed by atoms with Gasteiger partial charge in [0.15, 0.2) is 12.7 Å². The van der Waals surface area contributed by atoms with Crippen molar-refractivity contribution in [3.05, 3.63) is 12.7 Å². The van der Waals surface area contributed by atoms with Crippen LogP contribution in [0, 0.1) is 17.9 Å². The predicted octanol–water partition coefficient (Wildman–Crippen LogP) is -0.805. The van der Waals surface area contributed by atoms with E-state index in [1.54, 1.807) is 4.80 Å². The molecule has 0 aliphatic carbocycles. The first-order valence-corrected chi connectivity index (χ1v) is 4.77. The second-order valence-corrected chi connectivity index (χ2v) is 3.31. The van der Waals surface area contributed by atoms with Crippen molar-refractivity contribution in [3.8, 4) is 12.0 Å². The smallest absolute Gasteiger partial charge is 0.163 e. The number of nitrogens with zero attached hydrogens (tertiary/aromatic N) is 8. The van der Waals surface area contributed by atoms with Gasteiger partial charge >= 0.3 is 0 Å². The Labute approximate surface area is 91.6 Å². The van der Waals surface area contributed by atoms with E-state index < -0.39 is 0 Å². The van der Waals surface area contributed by atoms with Gasteiger partial charge in [0.2, 0.25) is 0 Å². The molecule has 0 aliphatic heterocycles. The molecule has 0 saturated heterocycles. The highest BCUT2D eigenvalue weighted by Gasteiger charge is 2.02. The summed E-state index contributed by atoms with van der Waals surface area (Å²) in [7, 11) is 0. The average Bonchev–Trinajstić information content (AvgIpc) is 2.90. The van der Waals surface area contributed by atoms with Crippen molar-refractivity contribution in [1.29, 1.82) is 0 Å². The lowest BCUT2D eigenvalue weighted by Crippen LogP contribution is -2.10. The van der Waals surface area contributed by atoms with Crippen LogP contribution in [0.15, 0.2) is 12.7 Å². The number of hydrogen-bond acceptors (Lipinski definition) is 6. The largest absolute Gasteiger partial charge is 0.164 e. The number of tetrazole rings is 2. The SMILES string of the molecule is CC(CC#Cn1ncnn1)Cn1ncnn1. The van der Waals surface area contributed by atoms with Crippen molar-refractivity contribution in [2.75, 3.05) is 0 Å². The van der Waals surface area contributed by atoms with Crippen LogP contribution in [-0.4, -0.2) is 40.4 Å². The van der Waals surface area contributed by atoms with E-state index in [1.807, 2.05) is 0 Å². The second kappa shape index (κ2) is 4.97. The van der Waals surface area contributed by atoms with Crippen LogP contribution in [0.5, 0.6) is 0 Å². The van der Waals surface area contributed by atoms with Crippen LogP contribution in [0.3, 0.4) is 0 Å². The Morgan fingerprint density at radius 3 is 2.69 bits per heavy atom. The molecule has 0 aliphatic rings. The molecular weight excluding hydrogens is 208 g/mol. The maximum atomic E-state index is 3.92. The lowest BCUT2D eigenvalue weighted by molar-refractivity contribution is 0.411. The minimum atomic E-state index is 0.338.